The van der Waals surface area contributed by atoms with Crippen LogP contribution in [0.5, 0.6) is 5.75 Å². The highest BCUT2D eigenvalue weighted by atomic mass is 16.5. The first-order valence-corrected chi connectivity index (χ1v) is 7.85. The third-order valence-corrected chi connectivity index (χ3v) is 4.43. The predicted octanol–water partition coefficient (Wildman–Crippen LogP) is 1.93. The second kappa shape index (κ2) is 7.78. The minimum atomic E-state index is 0.579. The zero-order valence-electron chi connectivity index (χ0n) is 13.6. The van der Waals surface area contributed by atoms with Gasteiger partial charge >= 0.3 is 0 Å². The Balaban J connectivity index is 1.93. The van der Waals surface area contributed by atoms with Crippen LogP contribution >= 0.6 is 0 Å². The molecular formula is C17H29N3O. The molecular weight excluding hydrogens is 262 g/mol. The molecule has 21 heavy (non-hydrogen) atoms. The van der Waals surface area contributed by atoms with Gasteiger partial charge in [0.1, 0.15) is 5.75 Å². The normalized spacial score (nSPS) is 17.4. The number of piperidine rings is 1. The molecule has 4 nitrogen and oxygen atoms in total. The second-order valence-electron chi connectivity index (χ2n) is 6.29. The van der Waals surface area contributed by atoms with Crippen LogP contribution in [0.1, 0.15) is 24.0 Å². The van der Waals surface area contributed by atoms with Crippen molar-refractivity contribution in [1.29, 1.82) is 0 Å². The summed E-state index contributed by atoms with van der Waals surface area (Å²) in [4.78, 5) is 4.83. The summed E-state index contributed by atoms with van der Waals surface area (Å²) in [6.45, 7) is 5.11. The summed E-state index contributed by atoms with van der Waals surface area (Å²) in [5, 5.41) is 0. The van der Waals surface area contributed by atoms with Crippen LogP contribution in [0.15, 0.2) is 18.2 Å². The van der Waals surface area contributed by atoms with Crippen molar-refractivity contribution in [1.82, 2.24) is 9.80 Å². The third-order valence-electron chi connectivity index (χ3n) is 4.43. The minimum absolute atomic E-state index is 0.579. The number of benzene rings is 1. The molecule has 1 aromatic rings. The first kappa shape index (κ1) is 16.3. The van der Waals surface area contributed by atoms with Gasteiger partial charge in [-0.25, -0.2) is 0 Å². The highest BCUT2D eigenvalue weighted by Crippen LogP contribution is 2.23. The Hall–Kier alpha value is -1.10. The molecule has 2 rings (SSSR count). The summed E-state index contributed by atoms with van der Waals surface area (Å²) in [5.74, 6) is 1.78. The van der Waals surface area contributed by atoms with Crippen molar-refractivity contribution >= 4 is 0 Å². The fraction of sp³-hybridized carbons (Fsp3) is 0.647. The lowest BCUT2D eigenvalue weighted by Gasteiger charge is -2.31. The van der Waals surface area contributed by atoms with Crippen LogP contribution in [0.2, 0.25) is 0 Å². The van der Waals surface area contributed by atoms with Gasteiger partial charge in [0.05, 0.1) is 7.11 Å². The fourth-order valence-electron chi connectivity index (χ4n) is 3.12. The summed E-state index contributed by atoms with van der Waals surface area (Å²) < 4.78 is 5.48. The molecule has 1 saturated heterocycles. The largest absolute Gasteiger partial charge is 0.496 e. The minimum Gasteiger partial charge on any atom is -0.496 e. The average Bonchev–Trinajstić information content (AvgIpc) is 2.49. The Labute approximate surface area is 128 Å². The fourth-order valence-corrected chi connectivity index (χ4v) is 3.12. The van der Waals surface area contributed by atoms with Crippen molar-refractivity contribution in [3.05, 3.63) is 29.3 Å². The van der Waals surface area contributed by atoms with Gasteiger partial charge in [-0.05, 0) is 63.6 Å². The van der Waals surface area contributed by atoms with Gasteiger partial charge in [0.2, 0.25) is 0 Å². The lowest BCUT2D eigenvalue weighted by atomic mass is 9.96. The van der Waals surface area contributed by atoms with Crippen LogP contribution in [0, 0.1) is 5.92 Å². The zero-order chi connectivity index (χ0) is 15.2. The third kappa shape index (κ3) is 4.70. The number of methoxy groups -OCH3 is 1. The van der Waals surface area contributed by atoms with Crippen LogP contribution in [-0.2, 0) is 13.1 Å². The number of nitrogens with zero attached hydrogens (tertiary/aromatic N) is 2. The molecule has 0 aromatic heterocycles. The number of hydrogen-bond donors (Lipinski definition) is 1. The highest BCUT2D eigenvalue weighted by molar-refractivity contribution is 5.37. The highest BCUT2D eigenvalue weighted by Gasteiger charge is 2.18. The molecule has 0 aliphatic carbocycles. The maximum atomic E-state index is 5.74. The van der Waals surface area contributed by atoms with E-state index in [2.05, 4.69) is 30.0 Å². The Morgan fingerprint density at radius 3 is 2.67 bits per heavy atom. The zero-order valence-corrected chi connectivity index (χ0v) is 13.6. The first-order chi connectivity index (χ1) is 10.1. The Morgan fingerprint density at radius 1 is 1.33 bits per heavy atom. The van der Waals surface area contributed by atoms with Gasteiger partial charge in [-0.2, -0.15) is 0 Å². The summed E-state index contributed by atoms with van der Waals surface area (Å²) in [5.41, 5.74) is 8.14. The molecule has 1 heterocycles. The van der Waals surface area contributed by atoms with E-state index in [-0.39, 0.29) is 0 Å². The average molecular weight is 291 g/mol. The van der Waals surface area contributed by atoms with E-state index in [4.69, 9.17) is 10.5 Å². The second-order valence-corrected chi connectivity index (χ2v) is 6.29. The van der Waals surface area contributed by atoms with Gasteiger partial charge in [0.25, 0.3) is 0 Å². The number of hydrogen-bond acceptors (Lipinski definition) is 4. The van der Waals surface area contributed by atoms with Gasteiger partial charge < -0.3 is 20.3 Å². The van der Waals surface area contributed by atoms with Crippen molar-refractivity contribution < 1.29 is 4.74 Å². The first-order valence-electron chi connectivity index (χ1n) is 7.85. The molecule has 0 bridgehead atoms. The van der Waals surface area contributed by atoms with Crippen LogP contribution < -0.4 is 10.5 Å². The van der Waals surface area contributed by atoms with Gasteiger partial charge in [-0.15, -0.1) is 0 Å². The van der Waals surface area contributed by atoms with Gasteiger partial charge in [-0.3, -0.25) is 0 Å². The van der Waals surface area contributed by atoms with Crippen LogP contribution in [0.4, 0.5) is 0 Å². The van der Waals surface area contributed by atoms with Gasteiger partial charge in [0.15, 0.2) is 0 Å². The summed E-state index contributed by atoms with van der Waals surface area (Å²) in [7, 11) is 6.15. The van der Waals surface area contributed by atoms with E-state index in [1.54, 1.807) is 7.11 Å². The lowest BCUT2D eigenvalue weighted by molar-refractivity contribution is 0.172. The quantitative estimate of drug-likeness (QED) is 0.869. The van der Waals surface area contributed by atoms with E-state index in [1.165, 1.54) is 37.1 Å². The van der Waals surface area contributed by atoms with Crippen LogP contribution in [0.3, 0.4) is 0 Å². The topological polar surface area (TPSA) is 41.7 Å². The maximum Gasteiger partial charge on any atom is 0.123 e. The number of rotatable bonds is 6. The van der Waals surface area contributed by atoms with Crippen molar-refractivity contribution in [2.75, 3.05) is 40.8 Å². The number of nitrogens with two attached hydrogens (primary N) is 1. The standard InChI is InChI=1S/C17H29N3O/c1-19-8-6-14(7-9-19)12-20(2)13-16-10-15(11-18)4-5-17(16)21-3/h4-5,10,14H,6-9,11-13,18H2,1-3H3. The molecule has 0 saturated carbocycles. The molecule has 0 unspecified atom stereocenters. The molecule has 1 aliphatic heterocycles. The SMILES string of the molecule is COc1ccc(CN)cc1CN(C)CC1CCN(C)CC1. The van der Waals surface area contributed by atoms with Gasteiger partial charge in [-0.1, -0.05) is 6.07 Å². The van der Waals surface area contributed by atoms with Crippen molar-refractivity contribution in [3.8, 4) is 5.75 Å². The van der Waals surface area contributed by atoms with E-state index >= 15 is 0 Å². The van der Waals surface area contributed by atoms with Gasteiger partial charge in [0, 0.05) is 25.2 Å². The monoisotopic (exact) mass is 291 g/mol. The summed E-state index contributed by atoms with van der Waals surface area (Å²) in [6, 6.07) is 6.24. The molecule has 0 spiro atoms. The molecule has 118 valence electrons. The van der Waals surface area contributed by atoms with E-state index in [9.17, 15) is 0 Å². The summed E-state index contributed by atoms with van der Waals surface area (Å²) >= 11 is 0. The van der Waals surface area contributed by atoms with Crippen LogP contribution in [0.25, 0.3) is 0 Å². The maximum absolute atomic E-state index is 5.74. The Morgan fingerprint density at radius 2 is 2.05 bits per heavy atom. The molecule has 0 radical (unpaired) electrons. The van der Waals surface area contributed by atoms with E-state index in [1.807, 2.05) is 12.1 Å². The summed E-state index contributed by atoms with van der Waals surface area (Å²) in [6.07, 6.45) is 2.61. The number of ether oxygens (including phenoxy) is 1. The Bertz CT molecular complexity index is 442. The lowest BCUT2D eigenvalue weighted by Crippen LogP contribution is -2.35. The van der Waals surface area contributed by atoms with E-state index in [0.29, 0.717) is 6.54 Å². The van der Waals surface area contributed by atoms with Crippen molar-refractivity contribution in [2.45, 2.75) is 25.9 Å². The molecule has 0 atom stereocenters. The Kier molecular flexibility index (Phi) is 6.03. The molecule has 2 N–H and O–H groups in total. The van der Waals surface area contributed by atoms with Crippen molar-refractivity contribution in [3.63, 3.8) is 0 Å². The molecule has 1 aliphatic rings. The van der Waals surface area contributed by atoms with Crippen molar-refractivity contribution in [2.24, 2.45) is 11.7 Å². The van der Waals surface area contributed by atoms with E-state index in [0.717, 1.165) is 24.8 Å². The smallest absolute Gasteiger partial charge is 0.123 e. The predicted molar refractivity (Wildman–Crippen MR) is 87.4 cm³/mol. The van der Waals surface area contributed by atoms with E-state index < -0.39 is 0 Å². The molecule has 1 fully saturated rings. The number of likely N-dealkylation sites (tertiary alicyclic amines) is 1. The van der Waals surface area contributed by atoms with Crippen LogP contribution in [-0.4, -0.2) is 50.6 Å². The molecule has 0 amide bonds. The molecule has 4 heteroatoms. The molecule has 1 aromatic carbocycles.